The molecule has 2 aromatic heterocycles. The van der Waals surface area contributed by atoms with Crippen molar-refractivity contribution < 1.29 is 13.2 Å². The first-order valence-corrected chi connectivity index (χ1v) is 9.41. The molecule has 1 aromatic carbocycles. The smallest absolute Gasteiger partial charge is 0.271 e. The summed E-state index contributed by atoms with van der Waals surface area (Å²) in [6.07, 6.45) is 0. The van der Waals surface area contributed by atoms with Crippen LogP contribution in [0.3, 0.4) is 0 Å². The summed E-state index contributed by atoms with van der Waals surface area (Å²) < 4.78 is 27.7. The number of rotatable bonds is 5. The molecule has 0 aliphatic heterocycles. The first-order valence-electron chi connectivity index (χ1n) is 7.11. The van der Waals surface area contributed by atoms with Gasteiger partial charge in [0.15, 0.2) is 5.78 Å². The number of sulfonamides is 1. The molecule has 8 heteroatoms. The Labute approximate surface area is 143 Å². The molecule has 0 aliphatic rings. The maximum atomic E-state index is 12.5. The molecule has 3 aromatic rings. The molecule has 0 atom stereocenters. The molecule has 24 heavy (non-hydrogen) atoms. The van der Waals surface area contributed by atoms with Crippen LogP contribution in [0.1, 0.15) is 23.0 Å². The van der Waals surface area contributed by atoms with E-state index in [9.17, 15) is 13.2 Å². The molecule has 3 rings (SSSR count). The van der Waals surface area contributed by atoms with Crippen LogP contribution in [0.15, 0.2) is 46.7 Å². The lowest BCUT2D eigenvalue weighted by Crippen LogP contribution is -2.11. The number of aromatic nitrogens is 2. The standard InChI is InChI=1S/C16H15N3O3S2/c1-10-8-14(18-17-10)15-6-7-16(23-15)24(21,22)19-13-5-3-4-12(9-13)11(2)20/h3-9,19H,1-2H3,(H,17,18). The van der Waals surface area contributed by atoms with Crippen LogP contribution in [0.4, 0.5) is 5.69 Å². The van der Waals surface area contributed by atoms with Gasteiger partial charge in [-0.2, -0.15) is 5.10 Å². The van der Waals surface area contributed by atoms with Crippen LogP contribution in [0.2, 0.25) is 0 Å². The minimum atomic E-state index is -3.72. The van der Waals surface area contributed by atoms with E-state index in [1.165, 1.54) is 13.0 Å². The van der Waals surface area contributed by atoms with Gasteiger partial charge >= 0.3 is 0 Å². The van der Waals surface area contributed by atoms with Crippen LogP contribution in [-0.2, 0) is 10.0 Å². The summed E-state index contributed by atoms with van der Waals surface area (Å²) in [5.74, 6) is -0.122. The summed E-state index contributed by atoms with van der Waals surface area (Å²) in [7, 11) is -3.72. The fourth-order valence-electron chi connectivity index (χ4n) is 2.15. The van der Waals surface area contributed by atoms with Gasteiger partial charge in [0, 0.05) is 16.9 Å². The average molecular weight is 361 g/mol. The van der Waals surface area contributed by atoms with E-state index < -0.39 is 10.0 Å². The third kappa shape index (κ3) is 3.39. The first-order chi connectivity index (χ1) is 11.3. The number of hydrogen-bond donors (Lipinski definition) is 2. The normalized spacial score (nSPS) is 11.4. The highest BCUT2D eigenvalue weighted by atomic mass is 32.2. The van der Waals surface area contributed by atoms with Crippen LogP contribution >= 0.6 is 11.3 Å². The van der Waals surface area contributed by atoms with Gasteiger partial charge in [0.1, 0.15) is 9.90 Å². The zero-order valence-corrected chi connectivity index (χ0v) is 14.7. The van der Waals surface area contributed by atoms with Crippen LogP contribution < -0.4 is 4.72 Å². The average Bonchev–Trinajstić information content (AvgIpc) is 3.16. The van der Waals surface area contributed by atoms with Gasteiger partial charge < -0.3 is 0 Å². The Morgan fingerprint density at radius 1 is 1.21 bits per heavy atom. The summed E-state index contributed by atoms with van der Waals surface area (Å²) in [4.78, 5) is 12.2. The van der Waals surface area contributed by atoms with Gasteiger partial charge in [0.2, 0.25) is 0 Å². The molecule has 0 saturated carbocycles. The summed E-state index contributed by atoms with van der Waals surface area (Å²) in [6, 6.07) is 11.5. The van der Waals surface area contributed by atoms with Crippen LogP contribution in [0.5, 0.6) is 0 Å². The molecular formula is C16H15N3O3S2. The number of thiophene rings is 1. The minimum Gasteiger partial charge on any atom is -0.295 e. The van der Waals surface area contributed by atoms with Crippen molar-refractivity contribution in [1.82, 2.24) is 10.2 Å². The fourth-order valence-corrected chi connectivity index (χ4v) is 4.47. The number of hydrogen-bond acceptors (Lipinski definition) is 5. The van der Waals surface area contributed by atoms with E-state index in [4.69, 9.17) is 0 Å². The van der Waals surface area contributed by atoms with Crippen molar-refractivity contribution in [2.24, 2.45) is 0 Å². The SMILES string of the molecule is CC(=O)c1cccc(NS(=O)(=O)c2ccc(-c3cc(C)[nH]n3)s2)c1. The molecule has 0 spiro atoms. The number of carbonyl (C=O) groups is 1. The van der Waals surface area contributed by atoms with Gasteiger partial charge in [-0.1, -0.05) is 12.1 Å². The third-order valence-electron chi connectivity index (χ3n) is 3.33. The van der Waals surface area contributed by atoms with Crippen molar-refractivity contribution in [3.05, 3.63) is 53.7 Å². The molecule has 0 fully saturated rings. The monoisotopic (exact) mass is 361 g/mol. The van der Waals surface area contributed by atoms with Gasteiger partial charge in [-0.05, 0) is 44.2 Å². The Morgan fingerprint density at radius 3 is 2.67 bits per heavy atom. The molecule has 0 unspecified atom stereocenters. The highest BCUT2D eigenvalue weighted by Crippen LogP contribution is 2.31. The fraction of sp³-hybridized carbons (Fsp3) is 0.125. The zero-order chi connectivity index (χ0) is 17.3. The zero-order valence-electron chi connectivity index (χ0n) is 13.0. The lowest BCUT2D eigenvalue weighted by molar-refractivity contribution is 0.101. The van der Waals surface area contributed by atoms with Gasteiger partial charge in [-0.3, -0.25) is 14.6 Å². The predicted molar refractivity (Wildman–Crippen MR) is 93.9 cm³/mol. The first kappa shape index (κ1) is 16.4. The second kappa shape index (κ2) is 6.21. The Morgan fingerprint density at radius 2 is 2.00 bits per heavy atom. The number of nitrogens with zero attached hydrogens (tertiary/aromatic N) is 1. The topological polar surface area (TPSA) is 91.9 Å². The van der Waals surface area contributed by atoms with E-state index in [1.807, 2.05) is 13.0 Å². The van der Waals surface area contributed by atoms with Crippen molar-refractivity contribution in [3.63, 3.8) is 0 Å². The number of Topliss-reactive ketones (excluding diaryl/α,β-unsaturated/α-hetero) is 1. The third-order valence-corrected chi connectivity index (χ3v) is 6.31. The van der Waals surface area contributed by atoms with E-state index in [2.05, 4.69) is 14.9 Å². The predicted octanol–water partition coefficient (Wildman–Crippen LogP) is 3.45. The van der Waals surface area contributed by atoms with Crippen molar-refractivity contribution in [2.45, 2.75) is 18.1 Å². The molecule has 0 aliphatic carbocycles. The second-order valence-corrected chi connectivity index (χ2v) is 8.29. The van der Waals surface area contributed by atoms with Gasteiger partial charge in [0.25, 0.3) is 10.0 Å². The van der Waals surface area contributed by atoms with Crippen LogP contribution in [0.25, 0.3) is 10.6 Å². The molecule has 2 N–H and O–H groups in total. The minimum absolute atomic E-state index is 0.122. The Hall–Kier alpha value is -2.45. The molecule has 0 radical (unpaired) electrons. The lowest BCUT2D eigenvalue weighted by atomic mass is 10.1. The summed E-state index contributed by atoms with van der Waals surface area (Å²) in [5, 5.41) is 6.96. The number of aryl methyl sites for hydroxylation is 1. The van der Waals surface area contributed by atoms with E-state index in [0.29, 0.717) is 16.9 Å². The van der Waals surface area contributed by atoms with Crippen molar-refractivity contribution in [1.29, 1.82) is 0 Å². The van der Waals surface area contributed by atoms with Crippen molar-refractivity contribution in [2.75, 3.05) is 4.72 Å². The molecule has 2 heterocycles. The number of H-pyrrole nitrogens is 1. The van der Waals surface area contributed by atoms with Crippen LogP contribution in [-0.4, -0.2) is 24.4 Å². The van der Waals surface area contributed by atoms with Gasteiger partial charge in [0.05, 0.1) is 4.88 Å². The van der Waals surface area contributed by atoms with Crippen molar-refractivity contribution >= 4 is 32.8 Å². The Bertz CT molecular complexity index is 1000. The molecule has 6 nitrogen and oxygen atoms in total. The number of nitrogens with one attached hydrogen (secondary N) is 2. The second-order valence-electron chi connectivity index (χ2n) is 5.30. The number of ketones is 1. The Kier molecular flexibility index (Phi) is 4.25. The molecule has 0 saturated heterocycles. The molecule has 0 bridgehead atoms. The van der Waals surface area contributed by atoms with E-state index in [-0.39, 0.29) is 9.99 Å². The van der Waals surface area contributed by atoms with E-state index >= 15 is 0 Å². The number of carbonyl (C=O) groups excluding carboxylic acids is 1. The summed E-state index contributed by atoms with van der Waals surface area (Å²) in [6.45, 7) is 3.32. The highest BCUT2D eigenvalue weighted by Gasteiger charge is 2.18. The molecule has 0 amide bonds. The van der Waals surface area contributed by atoms with Crippen molar-refractivity contribution in [3.8, 4) is 10.6 Å². The number of benzene rings is 1. The van der Waals surface area contributed by atoms with Gasteiger partial charge in [-0.25, -0.2) is 8.42 Å². The molecule has 124 valence electrons. The largest absolute Gasteiger partial charge is 0.295 e. The number of anilines is 1. The maximum absolute atomic E-state index is 12.5. The highest BCUT2D eigenvalue weighted by molar-refractivity contribution is 7.94. The maximum Gasteiger partial charge on any atom is 0.271 e. The quantitative estimate of drug-likeness (QED) is 0.681. The molecular weight excluding hydrogens is 346 g/mol. The lowest BCUT2D eigenvalue weighted by Gasteiger charge is -2.07. The van der Waals surface area contributed by atoms with Crippen LogP contribution in [0, 0.1) is 6.92 Å². The van der Waals surface area contributed by atoms with Gasteiger partial charge in [-0.15, -0.1) is 11.3 Å². The number of aromatic amines is 1. The summed E-state index contributed by atoms with van der Waals surface area (Å²) in [5.41, 5.74) is 2.42. The Balaban J connectivity index is 1.87. The van der Waals surface area contributed by atoms with E-state index in [1.54, 1.807) is 30.3 Å². The summed E-state index contributed by atoms with van der Waals surface area (Å²) >= 11 is 1.14. The van der Waals surface area contributed by atoms with E-state index in [0.717, 1.165) is 21.9 Å².